The van der Waals surface area contributed by atoms with Crippen LogP contribution in [0.25, 0.3) is 0 Å². The van der Waals surface area contributed by atoms with Gasteiger partial charge in [-0.05, 0) is 39.2 Å². The number of nitrogens with one attached hydrogen (secondary N) is 4. The Hall–Kier alpha value is -3.22. The van der Waals surface area contributed by atoms with E-state index < -0.39 is 48.2 Å². The average Bonchev–Trinajstić information content (AvgIpc) is 3.34. The zero-order chi connectivity index (χ0) is 23.8. The molecule has 2 aliphatic heterocycles. The molecule has 13 heteroatoms. The third-order valence-corrected chi connectivity index (χ3v) is 5.44. The number of aliphatic carboxylic acids is 1. The predicted octanol–water partition coefficient (Wildman–Crippen LogP) is -3.20. The van der Waals surface area contributed by atoms with Gasteiger partial charge in [0.25, 0.3) is 0 Å². The molecule has 0 aromatic carbocycles. The lowest BCUT2D eigenvalue weighted by Gasteiger charge is -2.21. The molecule has 5 amide bonds. The summed E-state index contributed by atoms with van der Waals surface area (Å²) in [5.74, 6) is -4.04. The minimum absolute atomic E-state index is 0.0969. The Morgan fingerprint density at radius 3 is 2.59 bits per heavy atom. The van der Waals surface area contributed by atoms with E-state index in [9.17, 15) is 28.8 Å². The molecule has 2 heterocycles. The lowest BCUT2D eigenvalue weighted by molar-refractivity contribution is -0.144. The second kappa shape index (κ2) is 11.4. The molecule has 0 spiro atoms. The first-order chi connectivity index (χ1) is 15.1. The van der Waals surface area contributed by atoms with Crippen molar-refractivity contribution in [3.8, 4) is 0 Å². The van der Waals surface area contributed by atoms with E-state index in [2.05, 4.69) is 21.3 Å². The SMILES string of the molecule is CC1CC(NC(=O)C(CCC(N)=O)NC(=O)CNC(=O)C2CCCN2)C(=O)N1CC(=O)O. The molecule has 2 saturated heterocycles. The number of nitrogens with zero attached hydrogens (tertiary/aromatic N) is 1. The van der Waals surface area contributed by atoms with Crippen LogP contribution in [0.1, 0.15) is 39.0 Å². The maximum Gasteiger partial charge on any atom is 0.323 e. The van der Waals surface area contributed by atoms with Crippen molar-refractivity contribution in [3.05, 3.63) is 0 Å². The minimum atomic E-state index is -1.17. The van der Waals surface area contributed by atoms with Gasteiger partial charge in [0.15, 0.2) is 0 Å². The molecular weight excluding hydrogens is 424 g/mol. The molecule has 0 bridgehead atoms. The number of hydrogen-bond acceptors (Lipinski definition) is 7. The fourth-order valence-electron chi connectivity index (χ4n) is 3.76. The first kappa shape index (κ1) is 25.0. The Balaban J connectivity index is 1.93. The van der Waals surface area contributed by atoms with Crippen LogP contribution in [0.5, 0.6) is 0 Å². The van der Waals surface area contributed by atoms with Crippen molar-refractivity contribution in [2.75, 3.05) is 19.6 Å². The standard InChI is InChI=1S/C19H30N6O7/c1-10-7-13(19(32)25(10)9-16(28)29)24-18(31)12(4-5-14(20)26)23-15(27)8-22-17(30)11-3-2-6-21-11/h10-13,21H,2-9H2,1H3,(H2,20,26)(H,22,30)(H,23,27)(H,24,31)(H,28,29). The molecule has 0 aromatic heterocycles. The summed E-state index contributed by atoms with van der Waals surface area (Å²) in [5.41, 5.74) is 5.14. The van der Waals surface area contributed by atoms with E-state index in [0.29, 0.717) is 6.42 Å². The van der Waals surface area contributed by atoms with Gasteiger partial charge in [0, 0.05) is 12.5 Å². The second-order valence-electron chi connectivity index (χ2n) is 8.00. The normalized spacial score (nSPS) is 23.5. The Kier molecular flexibility index (Phi) is 8.93. The molecule has 4 atom stereocenters. The molecule has 178 valence electrons. The summed E-state index contributed by atoms with van der Waals surface area (Å²) >= 11 is 0. The molecule has 0 aromatic rings. The third-order valence-electron chi connectivity index (χ3n) is 5.44. The zero-order valence-electron chi connectivity index (χ0n) is 17.9. The van der Waals surface area contributed by atoms with Crippen molar-refractivity contribution in [3.63, 3.8) is 0 Å². The van der Waals surface area contributed by atoms with Gasteiger partial charge in [0.1, 0.15) is 18.6 Å². The third kappa shape index (κ3) is 7.18. The van der Waals surface area contributed by atoms with Gasteiger partial charge >= 0.3 is 5.97 Å². The molecule has 4 unspecified atom stereocenters. The number of primary amides is 1. The summed E-state index contributed by atoms with van der Waals surface area (Å²) in [6.07, 6.45) is 1.46. The Morgan fingerprint density at radius 2 is 2.00 bits per heavy atom. The van der Waals surface area contributed by atoms with E-state index >= 15 is 0 Å². The monoisotopic (exact) mass is 454 g/mol. The van der Waals surface area contributed by atoms with Gasteiger partial charge in [-0.3, -0.25) is 28.8 Å². The minimum Gasteiger partial charge on any atom is -0.480 e. The smallest absolute Gasteiger partial charge is 0.323 e. The summed E-state index contributed by atoms with van der Waals surface area (Å²) in [4.78, 5) is 72.7. The number of hydrogen-bond donors (Lipinski definition) is 6. The molecule has 2 aliphatic rings. The Morgan fingerprint density at radius 1 is 1.28 bits per heavy atom. The van der Waals surface area contributed by atoms with E-state index in [1.54, 1.807) is 6.92 Å². The highest BCUT2D eigenvalue weighted by atomic mass is 16.4. The summed E-state index contributed by atoms with van der Waals surface area (Å²) in [6, 6.07) is -2.85. The quantitative estimate of drug-likeness (QED) is 0.187. The van der Waals surface area contributed by atoms with Crippen molar-refractivity contribution in [2.45, 2.75) is 63.2 Å². The van der Waals surface area contributed by atoms with Crippen molar-refractivity contribution in [1.29, 1.82) is 0 Å². The van der Waals surface area contributed by atoms with Crippen molar-refractivity contribution < 1.29 is 33.9 Å². The molecule has 7 N–H and O–H groups in total. The van der Waals surface area contributed by atoms with Crippen LogP contribution in [0.4, 0.5) is 0 Å². The summed E-state index contributed by atoms with van der Waals surface area (Å²) in [6.45, 7) is 1.55. The van der Waals surface area contributed by atoms with Crippen molar-refractivity contribution in [1.82, 2.24) is 26.2 Å². The molecule has 0 radical (unpaired) electrons. The molecule has 2 rings (SSSR count). The van der Waals surface area contributed by atoms with Gasteiger partial charge in [-0.25, -0.2) is 0 Å². The molecule has 0 aliphatic carbocycles. The highest BCUT2D eigenvalue weighted by Crippen LogP contribution is 2.19. The van der Waals surface area contributed by atoms with Gasteiger partial charge in [-0.1, -0.05) is 0 Å². The highest BCUT2D eigenvalue weighted by molar-refractivity contribution is 5.95. The predicted molar refractivity (Wildman–Crippen MR) is 110 cm³/mol. The maximum absolute atomic E-state index is 12.7. The van der Waals surface area contributed by atoms with Crippen LogP contribution in [0, 0.1) is 0 Å². The molecule has 2 fully saturated rings. The van der Waals surface area contributed by atoms with E-state index in [1.165, 1.54) is 0 Å². The number of amides is 5. The van der Waals surface area contributed by atoms with E-state index in [1.807, 2.05) is 0 Å². The molecule has 0 saturated carbocycles. The average molecular weight is 454 g/mol. The largest absolute Gasteiger partial charge is 0.480 e. The van der Waals surface area contributed by atoms with Crippen molar-refractivity contribution in [2.24, 2.45) is 5.73 Å². The van der Waals surface area contributed by atoms with E-state index in [4.69, 9.17) is 10.8 Å². The fourth-order valence-corrected chi connectivity index (χ4v) is 3.76. The number of rotatable bonds is 11. The van der Waals surface area contributed by atoms with Crippen LogP contribution < -0.4 is 27.0 Å². The summed E-state index contributed by atoms with van der Waals surface area (Å²) in [5, 5.41) is 19.4. The summed E-state index contributed by atoms with van der Waals surface area (Å²) < 4.78 is 0. The van der Waals surface area contributed by atoms with Crippen LogP contribution in [-0.4, -0.2) is 89.3 Å². The van der Waals surface area contributed by atoms with Gasteiger partial charge in [0.2, 0.25) is 29.5 Å². The van der Waals surface area contributed by atoms with E-state index in [-0.39, 0.29) is 43.8 Å². The lowest BCUT2D eigenvalue weighted by Crippen LogP contribution is -2.53. The molecule has 13 nitrogen and oxygen atoms in total. The van der Waals surface area contributed by atoms with Gasteiger partial charge in [-0.2, -0.15) is 0 Å². The number of carboxylic acid groups (broad SMARTS) is 1. The van der Waals surface area contributed by atoms with Crippen LogP contribution in [-0.2, 0) is 28.8 Å². The topological polar surface area (TPSA) is 200 Å². The Labute approximate surface area is 184 Å². The zero-order valence-corrected chi connectivity index (χ0v) is 17.9. The molecular formula is C19H30N6O7. The number of likely N-dealkylation sites (tertiary alicyclic amines) is 1. The second-order valence-corrected chi connectivity index (χ2v) is 8.00. The highest BCUT2D eigenvalue weighted by Gasteiger charge is 2.39. The number of carbonyl (C=O) groups is 6. The first-order valence-electron chi connectivity index (χ1n) is 10.5. The number of nitrogens with two attached hydrogens (primary N) is 1. The van der Waals surface area contributed by atoms with Gasteiger partial charge < -0.3 is 37.0 Å². The summed E-state index contributed by atoms with van der Waals surface area (Å²) in [7, 11) is 0. The van der Waals surface area contributed by atoms with Crippen LogP contribution in [0.15, 0.2) is 0 Å². The molecule has 32 heavy (non-hydrogen) atoms. The van der Waals surface area contributed by atoms with Crippen molar-refractivity contribution >= 4 is 35.5 Å². The maximum atomic E-state index is 12.7. The number of carboxylic acids is 1. The Bertz CT molecular complexity index is 767. The van der Waals surface area contributed by atoms with Crippen LogP contribution in [0.3, 0.4) is 0 Å². The van der Waals surface area contributed by atoms with Gasteiger partial charge in [0.05, 0.1) is 12.6 Å². The van der Waals surface area contributed by atoms with Crippen LogP contribution in [0.2, 0.25) is 0 Å². The lowest BCUT2D eigenvalue weighted by atomic mass is 10.1. The van der Waals surface area contributed by atoms with E-state index in [0.717, 1.165) is 17.9 Å². The fraction of sp³-hybridized carbons (Fsp3) is 0.684. The van der Waals surface area contributed by atoms with Crippen LogP contribution >= 0.6 is 0 Å². The first-order valence-corrected chi connectivity index (χ1v) is 10.5. The van der Waals surface area contributed by atoms with Gasteiger partial charge in [-0.15, -0.1) is 0 Å². The number of carbonyl (C=O) groups excluding carboxylic acids is 5.